The van der Waals surface area contributed by atoms with Gasteiger partial charge in [0, 0.05) is 30.4 Å². The third kappa shape index (κ3) is 6.25. The minimum atomic E-state index is 0.324. The van der Waals surface area contributed by atoms with Gasteiger partial charge in [-0.1, -0.05) is 46.9 Å². The number of benzene rings is 2. The average molecular weight is 452 g/mol. The predicted molar refractivity (Wildman–Crippen MR) is 118 cm³/mol. The fourth-order valence-corrected chi connectivity index (χ4v) is 3.25. The zero-order chi connectivity index (χ0) is 20.6. The van der Waals surface area contributed by atoms with E-state index in [2.05, 4.69) is 10.3 Å². The molecule has 0 spiro atoms. The molecule has 0 aliphatic carbocycles. The largest absolute Gasteiger partial charge is 0.490 e. The van der Waals surface area contributed by atoms with E-state index in [9.17, 15) is 0 Å². The Labute approximate surface area is 185 Å². The van der Waals surface area contributed by atoms with E-state index in [-0.39, 0.29) is 0 Å². The van der Waals surface area contributed by atoms with E-state index < -0.39 is 0 Å². The summed E-state index contributed by atoms with van der Waals surface area (Å²) in [4.78, 5) is 4.30. The molecule has 0 saturated carbocycles. The van der Waals surface area contributed by atoms with Crippen molar-refractivity contribution in [3.63, 3.8) is 0 Å². The molecule has 0 aliphatic rings. The van der Waals surface area contributed by atoms with Gasteiger partial charge in [-0.3, -0.25) is 4.98 Å². The molecular formula is C22H21Cl3N2O2. The number of nitrogens with one attached hydrogen (secondary N) is 1. The second-order valence-corrected chi connectivity index (χ2v) is 7.51. The van der Waals surface area contributed by atoms with E-state index in [1.807, 2.05) is 37.3 Å². The van der Waals surface area contributed by atoms with Crippen molar-refractivity contribution in [2.24, 2.45) is 0 Å². The number of pyridine rings is 1. The summed E-state index contributed by atoms with van der Waals surface area (Å²) in [5.74, 6) is 1.22. The zero-order valence-corrected chi connectivity index (χ0v) is 18.2. The van der Waals surface area contributed by atoms with Gasteiger partial charge in [-0.25, -0.2) is 0 Å². The fraction of sp³-hybridized carbons (Fsp3) is 0.227. The Bertz CT molecular complexity index is 952. The summed E-state index contributed by atoms with van der Waals surface area (Å²) in [6.07, 6.45) is 1.77. The number of hydrogen-bond donors (Lipinski definition) is 1. The number of hydrogen-bond acceptors (Lipinski definition) is 4. The van der Waals surface area contributed by atoms with Crippen molar-refractivity contribution in [2.45, 2.75) is 26.6 Å². The van der Waals surface area contributed by atoms with Crippen LogP contribution in [0.15, 0.2) is 54.7 Å². The second-order valence-electron chi connectivity index (χ2n) is 6.29. The quantitative estimate of drug-likeness (QED) is 0.414. The summed E-state index contributed by atoms with van der Waals surface area (Å²) in [6.45, 7) is 4.01. The van der Waals surface area contributed by atoms with Crippen molar-refractivity contribution >= 4 is 34.8 Å². The highest BCUT2D eigenvalue weighted by molar-refractivity contribution is 6.42. The molecule has 2 aromatic carbocycles. The lowest BCUT2D eigenvalue weighted by atomic mass is 10.2. The highest BCUT2D eigenvalue weighted by atomic mass is 35.5. The maximum absolute atomic E-state index is 6.48. The minimum absolute atomic E-state index is 0.324. The smallest absolute Gasteiger partial charge is 0.163 e. The lowest BCUT2D eigenvalue weighted by molar-refractivity contribution is 0.269. The van der Waals surface area contributed by atoms with E-state index >= 15 is 0 Å². The Morgan fingerprint density at radius 3 is 2.41 bits per heavy atom. The van der Waals surface area contributed by atoms with Crippen LogP contribution in [0.1, 0.15) is 23.7 Å². The van der Waals surface area contributed by atoms with Gasteiger partial charge in [-0.05, 0) is 48.4 Å². The molecule has 0 bridgehead atoms. The van der Waals surface area contributed by atoms with Crippen LogP contribution in [0.4, 0.5) is 0 Å². The summed E-state index contributed by atoms with van der Waals surface area (Å²) >= 11 is 18.5. The Morgan fingerprint density at radius 1 is 0.862 bits per heavy atom. The van der Waals surface area contributed by atoms with E-state index in [0.717, 1.165) is 16.8 Å². The molecule has 7 heteroatoms. The summed E-state index contributed by atoms with van der Waals surface area (Å²) in [7, 11) is 0. The highest BCUT2D eigenvalue weighted by Gasteiger charge is 2.12. The third-order valence-electron chi connectivity index (χ3n) is 4.14. The summed E-state index contributed by atoms with van der Waals surface area (Å²) in [6, 6.07) is 14.9. The Hall–Kier alpha value is -1.98. The van der Waals surface area contributed by atoms with Crippen molar-refractivity contribution in [3.05, 3.63) is 86.6 Å². The molecule has 4 nitrogen and oxygen atoms in total. The molecule has 3 rings (SSSR count). The Morgan fingerprint density at radius 2 is 1.69 bits per heavy atom. The number of rotatable bonds is 9. The van der Waals surface area contributed by atoms with Crippen LogP contribution >= 0.6 is 34.8 Å². The number of nitrogens with zero attached hydrogens (tertiary/aromatic N) is 1. The average Bonchev–Trinajstić information content (AvgIpc) is 2.72. The molecule has 0 saturated heterocycles. The van der Waals surface area contributed by atoms with Crippen LogP contribution in [0.5, 0.6) is 11.5 Å². The first-order chi connectivity index (χ1) is 14.1. The van der Waals surface area contributed by atoms with E-state index in [1.54, 1.807) is 24.4 Å². The van der Waals surface area contributed by atoms with Gasteiger partial charge >= 0.3 is 0 Å². The fourth-order valence-electron chi connectivity index (χ4n) is 2.71. The van der Waals surface area contributed by atoms with Crippen LogP contribution in [-0.2, 0) is 19.7 Å². The minimum Gasteiger partial charge on any atom is -0.490 e. The zero-order valence-electron chi connectivity index (χ0n) is 15.9. The van der Waals surface area contributed by atoms with Gasteiger partial charge in [0.05, 0.1) is 22.3 Å². The molecule has 0 aliphatic heterocycles. The second kappa shape index (κ2) is 10.7. The monoisotopic (exact) mass is 450 g/mol. The number of aromatic nitrogens is 1. The third-order valence-corrected chi connectivity index (χ3v) is 5.23. The molecule has 1 heterocycles. The van der Waals surface area contributed by atoms with Crippen molar-refractivity contribution in [3.8, 4) is 11.5 Å². The van der Waals surface area contributed by atoms with Crippen LogP contribution in [0.25, 0.3) is 0 Å². The van der Waals surface area contributed by atoms with Crippen molar-refractivity contribution in [1.82, 2.24) is 10.3 Å². The molecule has 3 aromatic rings. The van der Waals surface area contributed by atoms with Gasteiger partial charge in [-0.15, -0.1) is 0 Å². The summed E-state index contributed by atoms with van der Waals surface area (Å²) < 4.78 is 11.7. The molecule has 0 fully saturated rings. The lowest BCUT2D eigenvalue weighted by Gasteiger charge is -2.15. The predicted octanol–water partition coefficient (Wildman–Crippen LogP) is 6.31. The first kappa shape index (κ1) is 21.7. The first-order valence-corrected chi connectivity index (χ1v) is 10.3. The van der Waals surface area contributed by atoms with Gasteiger partial charge in [0.25, 0.3) is 0 Å². The summed E-state index contributed by atoms with van der Waals surface area (Å²) in [5, 5.41) is 4.95. The van der Waals surface area contributed by atoms with Crippen molar-refractivity contribution in [1.29, 1.82) is 0 Å². The maximum Gasteiger partial charge on any atom is 0.163 e. The van der Waals surface area contributed by atoms with Gasteiger partial charge in [0.2, 0.25) is 0 Å². The SMILES string of the molecule is CCOc1cc(CNCc2ccccn2)c(Cl)cc1OCc1ccc(Cl)c(Cl)c1. The van der Waals surface area contributed by atoms with E-state index in [0.29, 0.717) is 52.9 Å². The Balaban J connectivity index is 1.68. The maximum atomic E-state index is 6.48. The summed E-state index contributed by atoms with van der Waals surface area (Å²) in [5.41, 5.74) is 2.79. The van der Waals surface area contributed by atoms with Crippen molar-refractivity contribution < 1.29 is 9.47 Å². The topological polar surface area (TPSA) is 43.4 Å². The van der Waals surface area contributed by atoms with Crippen LogP contribution in [-0.4, -0.2) is 11.6 Å². The Kier molecular flexibility index (Phi) is 8.01. The molecule has 0 amide bonds. The number of ether oxygens (including phenoxy) is 2. The molecule has 0 radical (unpaired) electrons. The van der Waals surface area contributed by atoms with Gasteiger partial charge in [0.15, 0.2) is 11.5 Å². The number of halogens is 3. The molecule has 1 aromatic heterocycles. The molecular weight excluding hydrogens is 431 g/mol. The van der Waals surface area contributed by atoms with Crippen molar-refractivity contribution in [2.75, 3.05) is 6.61 Å². The van der Waals surface area contributed by atoms with Gasteiger partial charge in [0.1, 0.15) is 6.61 Å². The van der Waals surface area contributed by atoms with Crippen LogP contribution in [0.3, 0.4) is 0 Å². The van der Waals surface area contributed by atoms with Gasteiger partial charge < -0.3 is 14.8 Å². The van der Waals surface area contributed by atoms with Crippen LogP contribution in [0, 0.1) is 0 Å². The first-order valence-electron chi connectivity index (χ1n) is 9.19. The van der Waals surface area contributed by atoms with Crippen LogP contribution < -0.4 is 14.8 Å². The van der Waals surface area contributed by atoms with Crippen LogP contribution in [0.2, 0.25) is 15.1 Å². The highest BCUT2D eigenvalue weighted by Crippen LogP contribution is 2.34. The molecule has 1 N–H and O–H groups in total. The molecule has 0 atom stereocenters. The molecule has 0 unspecified atom stereocenters. The van der Waals surface area contributed by atoms with Gasteiger partial charge in [-0.2, -0.15) is 0 Å². The van der Waals surface area contributed by atoms with E-state index in [4.69, 9.17) is 44.3 Å². The van der Waals surface area contributed by atoms with E-state index in [1.165, 1.54) is 0 Å². The molecule has 152 valence electrons. The molecule has 29 heavy (non-hydrogen) atoms. The normalized spacial score (nSPS) is 10.8. The lowest BCUT2D eigenvalue weighted by Crippen LogP contribution is -2.14. The standard InChI is InChI=1S/C22H21Cl3N2O2/c1-2-28-21-10-16(12-26-13-17-5-3-4-8-27-17)19(24)11-22(21)29-14-15-6-7-18(23)20(25)9-15/h3-11,26H,2,12-14H2,1H3.